The van der Waals surface area contributed by atoms with Crippen molar-refractivity contribution in [2.45, 2.75) is 0 Å². The van der Waals surface area contributed by atoms with Gasteiger partial charge in [-0.3, -0.25) is 4.89 Å². The number of hydrogen-bond donors (Lipinski definition) is 3. The van der Waals surface area contributed by atoms with Crippen LogP contribution in [-0.4, -0.2) is 34.5 Å². The summed E-state index contributed by atoms with van der Waals surface area (Å²) in [6, 6.07) is 21.4. The standard InChI is InChI=1S/C20H17N2O4P.Na/c21-17-11-9-13-5-1-3-7-15(13)19(17)25-27(23,24)26-20-16-8-4-2-6-14(16)10-12-18(20)22;/h1-12H,21-22H2,(H,23,24);. The van der Waals surface area contributed by atoms with E-state index in [0.29, 0.717) is 10.8 Å². The van der Waals surface area contributed by atoms with Gasteiger partial charge < -0.3 is 20.5 Å². The van der Waals surface area contributed by atoms with Crippen molar-refractivity contribution in [3.05, 3.63) is 72.8 Å². The zero-order valence-corrected chi connectivity index (χ0v) is 18.1. The Bertz CT molecular complexity index is 1120. The molecule has 0 fully saturated rings. The van der Waals surface area contributed by atoms with Crippen LogP contribution in [0.2, 0.25) is 0 Å². The first-order valence-corrected chi connectivity index (χ1v) is 9.70. The second-order valence-electron chi connectivity index (χ2n) is 6.06. The van der Waals surface area contributed by atoms with Gasteiger partial charge in [-0.25, -0.2) is 4.57 Å². The Morgan fingerprint density at radius 1 is 0.679 bits per heavy atom. The average Bonchev–Trinajstić information content (AvgIpc) is 2.66. The van der Waals surface area contributed by atoms with Crippen LogP contribution >= 0.6 is 7.82 Å². The normalized spacial score (nSPS) is 11.2. The maximum Gasteiger partial charge on any atom is 0.585 e. The van der Waals surface area contributed by atoms with Crippen molar-refractivity contribution in [1.82, 2.24) is 0 Å². The molecule has 0 heterocycles. The summed E-state index contributed by atoms with van der Waals surface area (Å²) in [7, 11) is -4.56. The van der Waals surface area contributed by atoms with Crippen molar-refractivity contribution < 1.29 is 18.5 Å². The van der Waals surface area contributed by atoms with Crippen molar-refractivity contribution in [2.75, 3.05) is 11.5 Å². The van der Waals surface area contributed by atoms with E-state index in [2.05, 4.69) is 0 Å². The number of phosphoric acid groups is 1. The summed E-state index contributed by atoms with van der Waals surface area (Å²) in [4.78, 5) is 10.4. The monoisotopic (exact) mass is 403 g/mol. The molecule has 0 aliphatic carbocycles. The third-order valence-corrected chi connectivity index (χ3v) is 5.06. The number of fused-ring (bicyclic) bond motifs is 2. The summed E-state index contributed by atoms with van der Waals surface area (Å²) < 4.78 is 23.5. The molecular weight excluding hydrogens is 386 g/mol. The van der Waals surface area contributed by atoms with Gasteiger partial charge in [-0.2, -0.15) is 0 Å². The maximum absolute atomic E-state index is 12.7. The molecule has 0 amide bonds. The van der Waals surface area contributed by atoms with E-state index in [-0.39, 0.29) is 52.4 Å². The minimum Gasteiger partial charge on any atom is -0.396 e. The minimum absolute atomic E-state index is 0. The Hall–Kier alpha value is -2.21. The first-order valence-electron chi connectivity index (χ1n) is 8.21. The van der Waals surface area contributed by atoms with Gasteiger partial charge in [0.05, 0.1) is 11.4 Å². The van der Waals surface area contributed by atoms with Gasteiger partial charge >= 0.3 is 7.82 Å². The molecule has 5 N–H and O–H groups in total. The van der Waals surface area contributed by atoms with E-state index in [4.69, 9.17) is 20.5 Å². The molecule has 6 nitrogen and oxygen atoms in total. The Kier molecular flexibility index (Phi) is 5.89. The number of rotatable bonds is 4. The van der Waals surface area contributed by atoms with Crippen molar-refractivity contribution >= 4 is 70.3 Å². The van der Waals surface area contributed by atoms with E-state index in [9.17, 15) is 9.46 Å². The molecule has 0 aliphatic heterocycles. The van der Waals surface area contributed by atoms with Crippen molar-refractivity contribution in [1.29, 1.82) is 0 Å². The van der Waals surface area contributed by atoms with E-state index in [1.54, 1.807) is 36.4 Å². The number of nitrogens with two attached hydrogens (primary N) is 2. The third-order valence-electron chi connectivity index (χ3n) is 4.23. The summed E-state index contributed by atoms with van der Waals surface area (Å²) in [5.41, 5.74) is 12.4. The van der Waals surface area contributed by atoms with E-state index in [1.807, 2.05) is 36.4 Å². The van der Waals surface area contributed by atoms with Gasteiger partial charge in [0.1, 0.15) is 0 Å². The van der Waals surface area contributed by atoms with Crippen LogP contribution in [-0.2, 0) is 4.57 Å². The molecule has 8 heteroatoms. The van der Waals surface area contributed by atoms with E-state index in [0.717, 1.165) is 10.8 Å². The maximum atomic E-state index is 12.7. The van der Waals surface area contributed by atoms with Crippen LogP contribution in [0.5, 0.6) is 11.5 Å². The molecule has 137 valence electrons. The van der Waals surface area contributed by atoms with Gasteiger partial charge in [0.25, 0.3) is 0 Å². The van der Waals surface area contributed by atoms with Gasteiger partial charge in [-0.1, -0.05) is 60.7 Å². The van der Waals surface area contributed by atoms with E-state index < -0.39 is 7.82 Å². The topological polar surface area (TPSA) is 108 Å². The van der Waals surface area contributed by atoms with Crippen LogP contribution in [0, 0.1) is 0 Å². The zero-order valence-electron chi connectivity index (χ0n) is 15.2. The van der Waals surface area contributed by atoms with Crippen LogP contribution in [0.15, 0.2) is 72.8 Å². The average molecular weight is 403 g/mol. The molecule has 0 spiro atoms. The number of hydrogen-bond acceptors (Lipinski definition) is 5. The second-order valence-corrected chi connectivity index (χ2v) is 7.36. The summed E-state index contributed by atoms with van der Waals surface area (Å²) in [5.74, 6) is 0.190. The zero-order chi connectivity index (χ0) is 19.0. The fraction of sp³-hybridized carbons (Fsp3) is 0. The van der Waals surface area contributed by atoms with Crippen LogP contribution in [0.25, 0.3) is 21.5 Å². The van der Waals surface area contributed by atoms with Crippen molar-refractivity contribution in [3.8, 4) is 11.5 Å². The van der Waals surface area contributed by atoms with Crippen LogP contribution in [0.1, 0.15) is 0 Å². The number of nitrogen functional groups attached to an aromatic ring is 2. The number of anilines is 2. The molecule has 0 aliphatic rings. The molecular formula is C20H17N2NaO4P. The molecule has 0 bridgehead atoms. The number of phosphoric ester groups is 1. The largest absolute Gasteiger partial charge is 0.585 e. The van der Waals surface area contributed by atoms with Gasteiger partial charge in [0.15, 0.2) is 11.5 Å². The van der Waals surface area contributed by atoms with Gasteiger partial charge in [-0.05, 0) is 22.9 Å². The Morgan fingerprint density at radius 2 is 1.07 bits per heavy atom. The third kappa shape index (κ3) is 3.97. The molecule has 1 radical (unpaired) electrons. The molecule has 0 aromatic heterocycles. The first kappa shape index (κ1) is 20.5. The Labute approximate surface area is 184 Å². The summed E-state index contributed by atoms with van der Waals surface area (Å²) >= 11 is 0. The van der Waals surface area contributed by atoms with Crippen LogP contribution < -0.4 is 20.5 Å². The molecule has 0 unspecified atom stereocenters. The molecule has 4 aromatic rings. The van der Waals surface area contributed by atoms with Crippen LogP contribution in [0.4, 0.5) is 11.4 Å². The summed E-state index contributed by atoms with van der Waals surface area (Å²) in [6.07, 6.45) is 0. The minimum atomic E-state index is -4.56. The first-order chi connectivity index (χ1) is 12.9. The number of benzene rings is 4. The van der Waals surface area contributed by atoms with Gasteiger partial charge in [-0.15, -0.1) is 0 Å². The molecule has 4 rings (SSSR count). The summed E-state index contributed by atoms with van der Waals surface area (Å²) in [6.45, 7) is 0. The molecule has 0 atom stereocenters. The smallest absolute Gasteiger partial charge is 0.396 e. The van der Waals surface area contributed by atoms with Gasteiger partial charge in [0, 0.05) is 40.3 Å². The Balaban J connectivity index is 0.00000225. The summed E-state index contributed by atoms with van der Waals surface area (Å²) in [5, 5.41) is 2.88. The molecule has 4 aromatic carbocycles. The van der Waals surface area contributed by atoms with E-state index >= 15 is 0 Å². The predicted octanol–water partition coefficient (Wildman–Crippen LogP) is 4.33. The fourth-order valence-electron chi connectivity index (χ4n) is 2.97. The molecule has 0 saturated heterocycles. The van der Waals surface area contributed by atoms with Crippen molar-refractivity contribution in [3.63, 3.8) is 0 Å². The van der Waals surface area contributed by atoms with E-state index in [1.165, 1.54) is 0 Å². The van der Waals surface area contributed by atoms with Gasteiger partial charge in [0.2, 0.25) is 0 Å². The molecule has 0 saturated carbocycles. The quantitative estimate of drug-likeness (QED) is 0.266. The van der Waals surface area contributed by atoms with Crippen LogP contribution in [0.3, 0.4) is 0 Å². The van der Waals surface area contributed by atoms with Crippen molar-refractivity contribution in [2.24, 2.45) is 0 Å². The molecule has 28 heavy (non-hydrogen) atoms. The predicted molar refractivity (Wildman–Crippen MR) is 114 cm³/mol. The SMILES string of the molecule is Nc1ccc2ccccc2c1OP(=O)(O)Oc1c(N)ccc2ccccc12.[Na]. The fourth-order valence-corrected chi connectivity index (χ4v) is 3.88. The second kappa shape index (κ2) is 8.03. The Morgan fingerprint density at radius 3 is 1.50 bits per heavy atom.